The van der Waals surface area contributed by atoms with E-state index in [2.05, 4.69) is 55.8 Å². The fourth-order valence-corrected chi connectivity index (χ4v) is 3.88. The third kappa shape index (κ3) is 2.13. The lowest BCUT2D eigenvalue weighted by Crippen LogP contribution is -2.58. The number of amides is 1. The van der Waals surface area contributed by atoms with Crippen molar-refractivity contribution in [2.75, 3.05) is 7.05 Å². The van der Waals surface area contributed by atoms with Gasteiger partial charge in [-0.25, -0.2) is 5.43 Å². The van der Waals surface area contributed by atoms with Gasteiger partial charge < -0.3 is 10.3 Å². The van der Waals surface area contributed by atoms with Crippen molar-refractivity contribution in [2.45, 2.75) is 50.6 Å². The zero-order valence-electron chi connectivity index (χ0n) is 14.0. The molecule has 4 heteroatoms. The summed E-state index contributed by atoms with van der Waals surface area (Å²) in [6, 6.07) is 8.61. The van der Waals surface area contributed by atoms with Crippen LogP contribution in [0.5, 0.6) is 0 Å². The van der Waals surface area contributed by atoms with E-state index >= 15 is 0 Å². The molecule has 22 heavy (non-hydrogen) atoms. The number of hydrogen-bond donors (Lipinski definition) is 2. The molecular formula is C18H25N3O. The Hall–Kier alpha value is -1.81. The monoisotopic (exact) mass is 299 g/mol. The van der Waals surface area contributed by atoms with Crippen LogP contribution in [-0.2, 0) is 10.2 Å². The van der Waals surface area contributed by atoms with Crippen molar-refractivity contribution in [3.05, 3.63) is 47.7 Å². The van der Waals surface area contributed by atoms with Crippen LogP contribution in [0.4, 0.5) is 0 Å². The highest BCUT2D eigenvalue weighted by molar-refractivity contribution is 5.89. The van der Waals surface area contributed by atoms with E-state index in [0.29, 0.717) is 5.92 Å². The molecule has 0 radical (unpaired) electrons. The predicted molar refractivity (Wildman–Crippen MR) is 88.3 cm³/mol. The van der Waals surface area contributed by atoms with Crippen molar-refractivity contribution in [2.24, 2.45) is 0 Å². The Balaban J connectivity index is 1.85. The molecule has 2 aliphatic rings. The third-order valence-electron chi connectivity index (χ3n) is 5.22. The molecule has 3 rings (SSSR count). The summed E-state index contributed by atoms with van der Waals surface area (Å²) in [5.74, 6) is 0.327. The second-order valence-electron chi connectivity index (χ2n) is 7.29. The largest absolute Gasteiger partial charge is 0.350 e. The molecule has 2 N–H and O–H groups in total. The van der Waals surface area contributed by atoms with Gasteiger partial charge in [0.1, 0.15) is 5.54 Å². The molecule has 2 unspecified atom stereocenters. The molecule has 4 nitrogen and oxygen atoms in total. The lowest BCUT2D eigenvalue weighted by Gasteiger charge is -2.34. The van der Waals surface area contributed by atoms with Gasteiger partial charge in [-0.3, -0.25) is 4.79 Å². The summed E-state index contributed by atoms with van der Waals surface area (Å²) in [6.45, 7) is 8.53. The van der Waals surface area contributed by atoms with Gasteiger partial charge in [0.15, 0.2) is 0 Å². The van der Waals surface area contributed by atoms with E-state index in [9.17, 15) is 4.79 Å². The molecule has 1 aromatic carbocycles. The van der Waals surface area contributed by atoms with Crippen LogP contribution < -0.4 is 10.7 Å². The standard InChI is InChI=1S/C18H25N3O/c1-12-13-8-6-7-9-14(13)17(2,3)15(12)19-16(22)18(4)10-11-21(5)20-18/h6-12,15,20H,1-5H3,(H,19,22)/t12-,15?,18?/m0/s1. The first kappa shape index (κ1) is 15.1. The number of nitrogens with zero attached hydrogens (tertiary/aromatic N) is 1. The predicted octanol–water partition coefficient (Wildman–Crippen LogP) is 2.29. The van der Waals surface area contributed by atoms with E-state index in [-0.39, 0.29) is 17.4 Å². The average molecular weight is 299 g/mol. The van der Waals surface area contributed by atoms with Gasteiger partial charge in [-0.1, -0.05) is 45.0 Å². The Bertz CT molecular complexity index is 637. The summed E-state index contributed by atoms with van der Waals surface area (Å²) in [5.41, 5.74) is 5.10. The molecule has 0 spiro atoms. The molecule has 0 saturated heterocycles. The fourth-order valence-electron chi connectivity index (χ4n) is 3.88. The van der Waals surface area contributed by atoms with Gasteiger partial charge in [0, 0.05) is 30.6 Å². The van der Waals surface area contributed by atoms with Crippen LogP contribution in [0.15, 0.2) is 36.5 Å². The van der Waals surface area contributed by atoms with Gasteiger partial charge in [0.2, 0.25) is 5.91 Å². The maximum atomic E-state index is 12.8. The van der Waals surface area contributed by atoms with Gasteiger partial charge in [-0.2, -0.15) is 0 Å². The van der Waals surface area contributed by atoms with Crippen molar-refractivity contribution in [3.8, 4) is 0 Å². The molecule has 0 bridgehead atoms. The first-order valence-electron chi connectivity index (χ1n) is 7.86. The Morgan fingerprint density at radius 3 is 2.55 bits per heavy atom. The number of hydrazine groups is 1. The van der Waals surface area contributed by atoms with Crippen molar-refractivity contribution in [3.63, 3.8) is 0 Å². The molecule has 1 heterocycles. The maximum Gasteiger partial charge on any atom is 0.246 e. The second kappa shape index (κ2) is 4.85. The number of nitrogens with one attached hydrogen (secondary N) is 2. The number of fused-ring (bicyclic) bond motifs is 1. The third-order valence-corrected chi connectivity index (χ3v) is 5.22. The molecular weight excluding hydrogens is 274 g/mol. The lowest BCUT2D eigenvalue weighted by molar-refractivity contribution is -0.127. The average Bonchev–Trinajstić information content (AvgIpc) is 2.92. The molecule has 118 valence electrons. The topological polar surface area (TPSA) is 44.4 Å². The number of benzene rings is 1. The molecule has 3 atom stereocenters. The summed E-state index contributed by atoms with van der Waals surface area (Å²) in [7, 11) is 1.90. The van der Waals surface area contributed by atoms with Crippen molar-refractivity contribution in [1.29, 1.82) is 0 Å². The van der Waals surface area contributed by atoms with Crippen molar-refractivity contribution in [1.82, 2.24) is 15.8 Å². The quantitative estimate of drug-likeness (QED) is 0.880. The molecule has 1 aliphatic heterocycles. The van der Waals surface area contributed by atoms with Crippen LogP contribution in [0.3, 0.4) is 0 Å². The molecule has 0 aromatic heterocycles. The lowest BCUT2D eigenvalue weighted by atomic mass is 9.81. The summed E-state index contributed by atoms with van der Waals surface area (Å²) in [5, 5.41) is 5.11. The molecule has 1 aliphatic carbocycles. The van der Waals surface area contributed by atoms with Gasteiger partial charge in [-0.15, -0.1) is 0 Å². The summed E-state index contributed by atoms with van der Waals surface area (Å²) in [6.07, 6.45) is 3.79. The normalized spacial score (nSPS) is 32.1. The van der Waals surface area contributed by atoms with E-state index in [4.69, 9.17) is 0 Å². The van der Waals surface area contributed by atoms with Crippen LogP contribution in [0, 0.1) is 0 Å². The Morgan fingerprint density at radius 2 is 1.95 bits per heavy atom. The SMILES string of the molecule is C[C@H]1c2ccccc2C(C)(C)C1NC(=O)C1(C)C=CN(C)N1. The Morgan fingerprint density at radius 1 is 1.27 bits per heavy atom. The highest BCUT2D eigenvalue weighted by Gasteiger charge is 2.47. The van der Waals surface area contributed by atoms with Crippen LogP contribution in [-0.4, -0.2) is 29.5 Å². The Kier molecular flexibility index (Phi) is 3.33. The van der Waals surface area contributed by atoms with Crippen LogP contribution >= 0.6 is 0 Å². The maximum absolute atomic E-state index is 12.8. The molecule has 1 aromatic rings. The Labute approximate surface area is 132 Å². The first-order valence-corrected chi connectivity index (χ1v) is 7.86. The zero-order chi connectivity index (χ0) is 16.1. The van der Waals surface area contributed by atoms with Crippen LogP contribution in [0.2, 0.25) is 0 Å². The van der Waals surface area contributed by atoms with Gasteiger partial charge in [0.05, 0.1) is 0 Å². The molecule has 0 fully saturated rings. The molecule has 0 saturated carbocycles. The minimum Gasteiger partial charge on any atom is -0.350 e. The van der Waals surface area contributed by atoms with Crippen LogP contribution in [0.1, 0.15) is 44.7 Å². The summed E-state index contributed by atoms with van der Waals surface area (Å²) >= 11 is 0. The zero-order valence-corrected chi connectivity index (χ0v) is 14.0. The number of carbonyl (C=O) groups is 1. The highest BCUT2D eigenvalue weighted by Crippen LogP contribution is 2.45. The van der Waals surface area contributed by atoms with Crippen molar-refractivity contribution < 1.29 is 4.79 Å². The summed E-state index contributed by atoms with van der Waals surface area (Å²) in [4.78, 5) is 12.8. The molecule has 1 amide bonds. The van der Waals surface area contributed by atoms with Gasteiger partial charge in [-0.05, 0) is 24.1 Å². The van der Waals surface area contributed by atoms with Gasteiger partial charge in [0.25, 0.3) is 0 Å². The number of carbonyl (C=O) groups excluding carboxylic acids is 1. The van der Waals surface area contributed by atoms with Crippen LogP contribution in [0.25, 0.3) is 0 Å². The van der Waals surface area contributed by atoms with Crippen molar-refractivity contribution >= 4 is 5.91 Å². The van der Waals surface area contributed by atoms with E-state index in [1.54, 1.807) is 0 Å². The minimum absolute atomic E-state index is 0.0193. The number of hydrogen-bond acceptors (Lipinski definition) is 3. The van der Waals surface area contributed by atoms with Gasteiger partial charge >= 0.3 is 0 Å². The van der Waals surface area contributed by atoms with E-state index in [0.717, 1.165) is 0 Å². The summed E-state index contributed by atoms with van der Waals surface area (Å²) < 4.78 is 0. The smallest absolute Gasteiger partial charge is 0.246 e. The fraction of sp³-hybridized carbons (Fsp3) is 0.500. The minimum atomic E-state index is -0.681. The number of rotatable bonds is 2. The highest BCUT2D eigenvalue weighted by atomic mass is 16.2. The first-order chi connectivity index (χ1) is 10.3. The van der Waals surface area contributed by atoms with E-state index in [1.165, 1.54) is 11.1 Å². The second-order valence-corrected chi connectivity index (χ2v) is 7.29. The van der Waals surface area contributed by atoms with E-state index in [1.807, 2.05) is 31.3 Å². The van der Waals surface area contributed by atoms with E-state index < -0.39 is 5.54 Å².